The number of amides is 1. The van der Waals surface area contributed by atoms with Crippen LogP contribution < -0.4 is 25.0 Å². The van der Waals surface area contributed by atoms with Gasteiger partial charge in [0, 0.05) is 22.0 Å². The number of rotatable bonds is 5. The van der Waals surface area contributed by atoms with Crippen LogP contribution in [0.2, 0.25) is 5.02 Å². The molecule has 2 bridgehead atoms. The molecule has 0 saturated carbocycles. The number of thiocarbonyl (C=S) groups is 1. The molecule has 3 aromatic rings. The van der Waals surface area contributed by atoms with E-state index in [9.17, 15) is 4.79 Å². The van der Waals surface area contributed by atoms with Gasteiger partial charge in [-0.25, -0.2) is 0 Å². The van der Waals surface area contributed by atoms with Crippen molar-refractivity contribution < 1.29 is 14.3 Å². The maximum Gasteiger partial charge on any atom is 0.236 e. The quantitative estimate of drug-likeness (QED) is 0.423. The summed E-state index contributed by atoms with van der Waals surface area (Å²) < 4.78 is 12.6. The summed E-state index contributed by atoms with van der Waals surface area (Å²) in [4.78, 5) is 15.8. The fourth-order valence-electron chi connectivity index (χ4n) is 4.97. The highest BCUT2D eigenvalue weighted by molar-refractivity contribution is 7.80. The molecule has 0 spiro atoms. The Morgan fingerprint density at radius 3 is 2.63 bits per heavy atom. The number of carbonyl (C=O) groups is 1. The summed E-state index contributed by atoms with van der Waals surface area (Å²) in [6.07, 6.45) is 0. The summed E-state index contributed by atoms with van der Waals surface area (Å²) in [6, 6.07) is 20.3. The first-order chi connectivity index (χ1) is 16.8. The summed E-state index contributed by atoms with van der Waals surface area (Å²) in [6.45, 7) is 6.35. The molecule has 2 aliphatic heterocycles. The fraction of sp³-hybridized carbons (Fsp3) is 0.259. The van der Waals surface area contributed by atoms with Crippen molar-refractivity contribution in [3.05, 3.63) is 82.9 Å². The zero-order chi connectivity index (χ0) is 24.7. The van der Waals surface area contributed by atoms with Crippen LogP contribution in [0, 0.1) is 12.8 Å². The van der Waals surface area contributed by atoms with Crippen LogP contribution in [0.4, 0.5) is 11.4 Å². The number of ether oxygens (including phenoxy) is 2. The molecular formula is C27H26ClN3O3S. The van der Waals surface area contributed by atoms with E-state index < -0.39 is 17.7 Å². The first-order valence-corrected chi connectivity index (χ1v) is 12.3. The van der Waals surface area contributed by atoms with Crippen LogP contribution >= 0.6 is 23.8 Å². The van der Waals surface area contributed by atoms with Gasteiger partial charge in [-0.2, -0.15) is 0 Å². The Bertz CT molecular complexity index is 1300. The van der Waals surface area contributed by atoms with Crippen molar-refractivity contribution in [1.29, 1.82) is 0 Å². The average molecular weight is 508 g/mol. The lowest BCUT2D eigenvalue weighted by Gasteiger charge is -2.56. The van der Waals surface area contributed by atoms with E-state index in [4.69, 9.17) is 33.3 Å². The van der Waals surface area contributed by atoms with E-state index in [-0.39, 0.29) is 5.91 Å². The highest BCUT2D eigenvalue weighted by Crippen LogP contribution is 2.52. The van der Waals surface area contributed by atoms with Gasteiger partial charge in [0.05, 0.1) is 12.6 Å². The fourth-order valence-corrected chi connectivity index (χ4v) is 5.50. The second kappa shape index (κ2) is 9.06. The molecule has 8 heteroatoms. The molecule has 2 heterocycles. The molecule has 0 aliphatic carbocycles. The second-order valence-electron chi connectivity index (χ2n) is 8.79. The molecule has 3 atom stereocenters. The third kappa shape index (κ3) is 3.98. The van der Waals surface area contributed by atoms with E-state index >= 15 is 0 Å². The van der Waals surface area contributed by atoms with Gasteiger partial charge >= 0.3 is 0 Å². The van der Waals surface area contributed by atoms with Gasteiger partial charge in [-0.15, -0.1) is 0 Å². The van der Waals surface area contributed by atoms with Gasteiger partial charge in [0.1, 0.15) is 5.92 Å². The minimum absolute atomic E-state index is 0.194. The van der Waals surface area contributed by atoms with Crippen LogP contribution in [0.5, 0.6) is 11.5 Å². The van der Waals surface area contributed by atoms with E-state index in [0.717, 1.165) is 16.8 Å². The van der Waals surface area contributed by atoms with E-state index in [1.54, 1.807) is 24.3 Å². The number of para-hydroxylation sites is 2. The van der Waals surface area contributed by atoms with Gasteiger partial charge in [-0.05, 0) is 75.0 Å². The number of hydrogen-bond donors (Lipinski definition) is 2. The van der Waals surface area contributed by atoms with Crippen molar-refractivity contribution in [2.45, 2.75) is 32.5 Å². The number of halogens is 1. The Morgan fingerprint density at radius 1 is 1.17 bits per heavy atom. The van der Waals surface area contributed by atoms with Gasteiger partial charge in [0.25, 0.3) is 0 Å². The average Bonchev–Trinajstić information content (AvgIpc) is 2.82. The molecule has 2 aliphatic rings. The highest BCUT2D eigenvalue weighted by Gasteiger charge is 2.59. The van der Waals surface area contributed by atoms with Crippen molar-refractivity contribution in [3.8, 4) is 11.5 Å². The number of nitrogens with one attached hydrogen (secondary N) is 2. The number of carbonyl (C=O) groups excluding carboxylic acids is 1. The lowest BCUT2D eigenvalue weighted by Crippen LogP contribution is -2.72. The molecule has 2 N–H and O–H groups in total. The first kappa shape index (κ1) is 23.5. The molecule has 3 aromatic carbocycles. The van der Waals surface area contributed by atoms with Crippen LogP contribution in [0.3, 0.4) is 0 Å². The molecule has 0 radical (unpaired) electrons. The van der Waals surface area contributed by atoms with Crippen LogP contribution in [0.1, 0.15) is 31.0 Å². The zero-order valence-electron chi connectivity index (χ0n) is 19.7. The van der Waals surface area contributed by atoms with Crippen molar-refractivity contribution in [2.24, 2.45) is 5.92 Å². The molecule has 1 fully saturated rings. The van der Waals surface area contributed by atoms with E-state index in [1.165, 1.54) is 0 Å². The number of hydrogen-bond acceptors (Lipinski definition) is 4. The van der Waals surface area contributed by atoms with Crippen LogP contribution in [-0.2, 0) is 4.79 Å². The third-order valence-corrected chi connectivity index (χ3v) is 7.09. The van der Waals surface area contributed by atoms with E-state index in [0.29, 0.717) is 33.9 Å². The van der Waals surface area contributed by atoms with Gasteiger partial charge in [-0.1, -0.05) is 41.9 Å². The highest BCUT2D eigenvalue weighted by atomic mass is 35.5. The Kier molecular flexibility index (Phi) is 6.07. The molecule has 180 valence electrons. The van der Waals surface area contributed by atoms with E-state index in [2.05, 4.69) is 10.6 Å². The normalized spacial score (nSPS) is 22.5. The SMILES string of the molecule is CCOc1cccc2c1O[C@]1(C)[C@H](C(=O)Nc3ccc(Cl)cc3)[C@@H]2NC(=S)N1c1ccccc1C. The predicted molar refractivity (Wildman–Crippen MR) is 142 cm³/mol. The number of fused-ring (bicyclic) bond motifs is 4. The largest absolute Gasteiger partial charge is 0.490 e. The first-order valence-electron chi connectivity index (χ1n) is 11.5. The van der Waals surface area contributed by atoms with Gasteiger partial charge in [0.2, 0.25) is 5.91 Å². The van der Waals surface area contributed by atoms with Crippen molar-refractivity contribution in [3.63, 3.8) is 0 Å². The van der Waals surface area contributed by atoms with Crippen molar-refractivity contribution >= 4 is 46.2 Å². The molecule has 1 amide bonds. The Morgan fingerprint density at radius 2 is 1.91 bits per heavy atom. The second-order valence-corrected chi connectivity index (χ2v) is 9.61. The summed E-state index contributed by atoms with van der Waals surface area (Å²) in [5.74, 6) is 0.415. The number of nitrogens with zero attached hydrogens (tertiary/aromatic N) is 1. The molecular weight excluding hydrogens is 482 g/mol. The molecule has 0 unspecified atom stereocenters. The van der Waals surface area contributed by atoms with Crippen LogP contribution in [-0.4, -0.2) is 23.4 Å². The summed E-state index contributed by atoms with van der Waals surface area (Å²) in [5.41, 5.74) is 2.24. The maximum absolute atomic E-state index is 13.9. The minimum Gasteiger partial charge on any atom is -0.490 e. The topological polar surface area (TPSA) is 62.8 Å². The smallest absolute Gasteiger partial charge is 0.236 e. The van der Waals surface area contributed by atoms with Gasteiger partial charge in [0.15, 0.2) is 22.3 Å². The molecule has 35 heavy (non-hydrogen) atoms. The van der Waals surface area contributed by atoms with Crippen molar-refractivity contribution in [2.75, 3.05) is 16.8 Å². The predicted octanol–water partition coefficient (Wildman–Crippen LogP) is 5.85. The standard InChI is InChI=1S/C27H26ClN3O3S/c1-4-33-21-11-7-9-19-23-22(25(32)29-18-14-12-17(28)13-15-18)27(3,34-24(19)21)31(26(35)30-23)20-10-6-5-8-16(20)2/h5-15,22-23H,4H2,1-3H3,(H,29,32)(H,30,35)/t22-,23+,27+/m0/s1. The monoisotopic (exact) mass is 507 g/mol. The van der Waals surface area contributed by atoms with Crippen molar-refractivity contribution in [1.82, 2.24) is 5.32 Å². The van der Waals surface area contributed by atoms with Crippen LogP contribution in [0.15, 0.2) is 66.7 Å². The maximum atomic E-state index is 13.9. The molecule has 1 saturated heterocycles. The number of aryl methyl sites for hydroxylation is 1. The zero-order valence-corrected chi connectivity index (χ0v) is 21.2. The Labute approximate surface area is 215 Å². The summed E-state index contributed by atoms with van der Waals surface area (Å²) >= 11 is 11.9. The molecule has 5 rings (SSSR count). The summed E-state index contributed by atoms with van der Waals surface area (Å²) in [5, 5.41) is 7.58. The molecule has 0 aromatic heterocycles. The van der Waals surface area contributed by atoms with Gasteiger partial charge < -0.3 is 20.1 Å². The Hall–Kier alpha value is -3.29. The summed E-state index contributed by atoms with van der Waals surface area (Å²) in [7, 11) is 0. The van der Waals surface area contributed by atoms with Gasteiger partial charge in [-0.3, -0.25) is 9.69 Å². The van der Waals surface area contributed by atoms with Crippen LogP contribution in [0.25, 0.3) is 0 Å². The lowest BCUT2D eigenvalue weighted by atomic mass is 9.78. The number of benzene rings is 3. The van der Waals surface area contributed by atoms with E-state index in [1.807, 2.05) is 68.1 Å². The minimum atomic E-state index is -1.13. The lowest BCUT2D eigenvalue weighted by molar-refractivity contribution is -0.130. The Balaban J connectivity index is 1.65. The third-order valence-electron chi connectivity index (χ3n) is 6.54. The molecule has 6 nitrogen and oxygen atoms in total. The number of anilines is 2.